The van der Waals surface area contributed by atoms with E-state index in [1.165, 1.54) is 6.07 Å². The lowest BCUT2D eigenvalue weighted by atomic mass is 10.0. The van der Waals surface area contributed by atoms with Crippen LogP contribution in [0.2, 0.25) is 0 Å². The number of nitrogens with zero attached hydrogens (tertiary/aromatic N) is 1. The molecule has 0 saturated carbocycles. The Hall–Kier alpha value is -0.970. The Bertz CT molecular complexity index is 425. The molecule has 0 spiro atoms. The van der Waals surface area contributed by atoms with Gasteiger partial charge in [0.05, 0.1) is 12.7 Å². The van der Waals surface area contributed by atoms with Crippen LogP contribution in [-0.4, -0.2) is 30.2 Å². The predicted molar refractivity (Wildman–Crippen MR) is 74.2 cm³/mol. The molecule has 19 heavy (non-hydrogen) atoms. The largest absolute Gasteiger partial charge is 0.376 e. The van der Waals surface area contributed by atoms with Gasteiger partial charge in [-0.1, -0.05) is 13.0 Å². The highest BCUT2D eigenvalue weighted by Gasteiger charge is 2.25. The standard InChI is InChI=1S/C15H23FN2O/c1-3-15-10-19-11(2)8-18(15)9-13-6-14(16)5-4-12(13)7-17/h4-6,11,15H,3,7-10,17H2,1-2H3. The van der Waals surface area contributed by atoms with E-state index in [0.717, 1.165) is 37.2 Å². The van der Waals surface area contributed by atoms with E-state index in [2.05, 4.69) is 18.7 Å². The highest BCUT2D eigenvalue weighted by molar-refractivity contribution is 5.27. The van der Waals surface area contributed by atoms with Gasteiger partial charge in [0, 0.05) is 25.7 Å². The van der Waals surface area contributed by atoms with Crippen LogP contribution in [0.4, 0.5) is 4.39 Å². The molecule has 2 atom stereocenters. The summed E-state index contributed by atoms with van der Waals surface area (Å²) in [6, 6.07) is 5.28. The summed E-state index contributed by atoms with van der Waals surface area (Å²) >= 11 is 0. The van der Waals surface area contributed by atoms with E-state index in [4.69, 9.17) is 10.5 Å². The lowest BCUT2D eigenvalue weighted by Crippen LogP contribution is -2.48. The van der Waals surface area contributed by atoms with E-state index >= 15 is 0 Å². The maximum atomic E-state index is 13.4. The highest BCUT2D eigenvalue weighted by Crippen LogP contribution is 2.20. The van der Waals surface area contributed by atoms with Crippen LogP contribution in [0.3, 0.4) is 0 Å². The third kappa shape index (κ3) is 3.53. The van der Waals surface area contributed by atoms with E-state index in [9.17, 15) is 4.39 Å². The summed E-state index contributed by atoms with van der Waals surface area (Å²) in [7, 11) is 0. The Morgan fingerprint density at radius 1 is 1.42 bits per heavy atom. The summed E-state index contributed by atoms with van der Waals surface area (Å²) in [5, 5.41) is 0. The lowest BCUT2D eigenvalue weighted by molar-refractivity contribution is -0.0592. The molecule has 1 aliphatic heterocycles. The molecule has 1 saturated heterocycles. The van der Waals surface area contributed by atoms with Crippen LogP contribution in [0, 0.1) is 5.82 Å². The smallest absolute Gasteiger partial charge is 0.123 e. The van der Waals surface area contributed by atoms with Crippen molar-refractivity contribution in [3.05, 3.63) is 35.1 Å². The number of halogens is 1. The van der Waals surface area contributed by atoms with E-state index in [-0.39, 0.29) is 11.9 Å². The second kappa shape index (κ2) is 6.46. The minimum atomic E-state index is -0.193. The quantitative estimate of drug-likeness (QED) is 0.908. The second-order valence-corrected chi connectivity index (χ2v) is 5.25. The van der Waals surface area contributed by atoms with Gasteiger partial charge < -0.3 is 10.5 Å². The van der Waals surface area contributed by atoms with Crippen LogP contribution in [0.5, 0.6) is 0 Å². The molecule has 2 unspecified atom stereocenters. The summed E-state index contributed by atoms with van der Waals surface area (Å²) in [5.74, 6) is -0.193. The monoisotopic (exact) mass is 266 g/mol. The van der Waals surface area contributed by atoms with Gasteiger partial charge in [-0.2, -0.15) is 0 Å². The lowest BCUT2D eigenvalue weighted by Gasteiger charge is -2.38. The minimum absolute atomic E-state index is 0.193. The van der Waals surface area contributed by atoms with Gasteiger partial charge in [-0.3, -0.25) is 4.90 Å². The fourth-order valence-corrected chi connectivity index (χ4v) is 2.64. The van der Waals surface area contributed by atoms with Crippen molar-refractivity contribution in [2.24, 2.45) is 5.73 Å². The van der Waals surface area contributed by atoms with Crippen molar-refractivity contribution in [1.82, 2.24) is 4.90 Å². The van der Waals surface area contributed by atoms with Gasteiger partial charge in [0.1, 0.15) is 5.82 Å². The average Bonchev–Trinajstić information content (AvgIpc) is 2.39. The third-order valence-corrected chi connectivity index (χ3v) is 3.81. The molecular formula is C15H23FN2O. The zero-order chi connectivity index (χ0) is 13.8. The van der Waals surface area contributed by atoms with E-state index < -0.39 is 0 Å². The van der Waals surface area contributed by atoms with Crippen molar-refractivity contribution in [3.63, 3.8) is 0 Å². The van der Waals surface area contributed by atoms with Crippen LogP contribution in [0.25, 0.3) is 0 Å². The Labute approximate surface area is 114 Å². The van der Waals surface area contributed by atoms with E-state index in [0.29, 0.717) is 12.6 Å². The molecular weight excluding hydrogens is 243 g/mol. The molecule has 1 heterocycles. The molecule has 2 rings (SSSR count). The first-order valence-corrected chi connectivity index (χ1v) is 6.97. The predicted octanol–water partition coefficient (Wildman–Crippen LogP) is 2.28. The van der Waals surface area contributed by atoms with Crippen LogP contribution in [-0.2, 0) is 17.8 Å². The molecule has 3 nitrogen and oxygen atoms in total. The summed E-state index contributed by atoms with van der Waals surface area (Å²) in [4.78, 5) is 2.38. The molecule has 4 heteroatoms. The maximum absolute atomic E-state index is 13.4. The maximum Gasteiger partial charge on any atom is 0.123 e. The SMILES string of the molecule is CCC1COC(C)CN1Cc1cc(F)ccc1CN. The Balaban J connectivity index is 2.16. The number of ether oxygens (including phenoxy) is 1. The van der Waals surface area contributed by atoms with Crippen molar-refractivity contribution < 1.29 is 9.13 Å². The van der Waals surface area contributed by atoms with Crippen LogP contribution in [0.1, 0.15) is 31.4 Å². The number of benzene rings is 1. The van der Waals surface area contributed by atoms with Gasteiger partial charge in [-0.25, -0.2) is 4.39 Å². The van der Waals surface area contributed by atoms with Gasteiger partial charge in [0.15, 0.2) is 0 Å². The van der Waals surface area contributed by atoms with Crippen molar-refractivity contribution in [3.8, 4) is 0 Å². The zero-order valence-electron chi connectivity index (χ0n) is 11.7. The Morgan fingerprint density at radius 2 is 2.21 bits per heavy atom. The summed E-state index contributed by atoms with van der Waals surface area (Å²) in [6.07, 6.45) is 1.28. The average molecular weight is 266 g/mol. The molecule has 0 aliphatic carbocycles. The molecule has 106 valence electrons. The van der Waals surface area contributed by atoms with Crippen molar-refractivity contribution >= 4 is 0 Å². The summed E-state index contributed by atoms with van der Waals surface area (Å²) in [5.41, 5.74) is 7.75. The van der Waals surface area contributed by atoms with Crippen molar-refractivity contribution in [2.45, 2.75) is 45.5 Å². The Kier molecular flexibility index (Phi) is 4.91. The summed E-state index contributed by atoms with van der Waals surface area (Å²) < 4.78 is 19.1. The normalized spacial score (nSPS) is 24.6. The number of rotatable bonds is 4. The number of hydrogen-bond donors (Lipinski definition) is 1. The molecule has 1 fully saturated rings. The van der Waals surface area contributed by atoms with Gasteiger partial charge in [-0.15, -0.1) is 0 Å². The number of nitrogens with two attached hydrogens (primary N) is 1. The number of morpholine rings is 1. The van der Waals surface area contributed by atoms with Gasteiger partial charge in [0.2, 0.25) is 0 Å². The second-order valence-electron chi connectivity index (χ2n) is 5.25. The molecule has 1 aromatic carbocycles. The molecule has 1 aromatic rings. The molecule has 1 aliphatic rings. The fourth-order valence-electron chi connectivity index (χ4n) is 2.64. The first kappa shape index (κ1) is 14.4. The van der Waals surface area contributed by atoms with E-state index in [1.807, 2.05) is 0 Å². The number of hydrogen-bond acceptors (Lipinski definition) is 3. The zero-order valence-corrected chi connectivity index (χ0v) is 11.7. The highest BCUT2D eigenvalue weighted by atomic mass is 19.1. The third-order valence-electron chi connectivity index (χ3n) is 3.81. The van der Waals surface area contributed by atoms with Crippen LogP contribution in [0.15, 0.2) is 18.2 Å². The topological polar surface area (TPSA) is 38.5 Å². The summed E-state index contributed by atoms with van der Waals surface area (Å²) in [6.45, 7) is 7.08. The molecule has 0 radical (unpaired) electrons. The van der Waals surface area contributed by atoms with E-state index in [1.54, 1.807) is 12.1 Å². The van der Waals surface area contributed by atoms with Gasteiger partial charge in [0.25, 0.3) is 0 Å². The van der Waals surface area contributed by atoms with Gasteiger partial charge >= 0.3 is 0 Å². The van der Waals surface area contributed by atoms with Crippen LogP contribution < -0.4 is 5.73 Å². The minimum Gasteiger partial charge on any atom is -0.376 e. The molecule has 0 amide bonds. The first-order chi connectivity index (χ1) is 9.13. The van der Waals surface area contributed by atoms with Gasteiger partial charge in [-0.05, 0) is 36.6 Å². The fraction of sp³-hybridized carbons (Fsp3) is 0.600. The Morgan fingerprint density at radius 3 is 2.89 bits per heavy atom. The first-order valence-electron chi connectivity index (χ1n) is 6.97. The van der Waals surface area contributed by atoms with Crippen molar-refractivity contribution in [2.75, 3.05) is 13.2 Å². The molecule has 0 aromatic heterocycles. The van der Waals surface area contributed by atoms with Crippen LogP contribution >= 0.6 is 0 Å². The van der Waals surface area contributed by atoms with Crippen molar-refractivity contribution in [1.29, 1.82) is 0 Å². The molecule has 2 N–H and O–H groups in total. The molecule has 0 bridgehead atoms.